The van der Waals surface area contributed by atoms with Gasteiger partial charge in [-0.25, -0.2) is 9.59 Å². The Balaban J connectivity index is 1.56. The summed E-state index contributed by atoms with van der Waals surface area (Å²) in [6.07, 6.45) is 5.10. The van der Waals surface area contributed by atoms with E-state index in [9.17, 15) is 14.4 Å². The highest BCUT2D eigenvalue weighted by Gasteiger charge is 2.49. The van der Waals surface area contributed by atoms with Gasteiger partial charge in [0.1, 0.15) is 5.60 Å². The summed E-state index contributed by atoms with van der Waals surface area (Å²) in [6, 6.07) is 0.133. The summed E-state index contributed by atoms with van der Waals surface area (Å²) < 4.78 is 10.8. The molecule has 1 saturated carbocycles. The number of carbonyl (C=O) groups is 3. The number of amides is 3. The fourth-order valence-electron chi connectivity index (χ4n) is 5.21. The summed E-state index contributed by atoms with van der Waals surface area (Å²) in [5, 5.41) is 3.22. The maximum absolute atomic E-state index is 12.8. The lowest BCUT2D eigenvalue weighted by atomic mass is 9.70. The topological polar surface area (TPSA) is 88.2 Å². The maximum Gasteiger partial charge on any atom is 0.410 e. The number of hydrogen-bond acceptors (Lipinski definition) is 5. The largest absolute Gasteiger partial charge is 0.466 e. The van der Waals surface area contributed by atoms with E-state index in [4.69, 9.17) is 9.47 Å². The molecule has 176 valence electrons. The van der Waals surface area contributed by atoms with Gasteiger partial charge in [0.05, 0.1) is 17.6 Å². The molecule has 0 unspecified atom stereocenters. The number of urea groups is 1. The Labute approximate surface area is 186 Å². The molecule has 0 aromatic carbocycles. The Kier molecular flexibility index (Phi) is 6.77. The zero-order valence-electron chi connectivity index (χ0n) is 19.8. The molecule has 3 rings (SSSR count). The number of likely N-dealkylation sites (tertiary alicyclic amines) is 1. The van der Waals surface area contributed by atoms with Crippen molar-refractivity contribution >= 4 is 18.1 Å². The smallest absolute Gasteiger partial charge is 0.410 e. The summed E-state index contributed by atoms with van der Waals surface area (Å²) in [5.41, 5.74) is -1.20. The molecule has 0 aromatic rings. The van der Waals surface area contributed by atoms with E-state index in [-0.39, 0.29) is 29.7 Å². The molecular weight excluding hydrogens is 398 g/mol. The van der Waals surface area contributed by atoms with Gasteiger partial charge < -0.3 is 24.6 Å². The minimum absolute atomic E-state index is 0.0177. The van der Waals surface area contributed by atoms with Crippen molar-refractivity contribution in [3.8, 4) is 0 Å². The van der Waals surface area contributed by atoms with Gasteiger partial charge in [0.2, 0.25) is 0 Å². The fraction of sp³-hybridized carbons (Fsp3) is 0.870. The summed E-state index contributed by atoms with van der Waals surface area (Å²) in [6.45, 7) is 11.7. The van der Waals surface area contributed by atoms with Crippen molar-refractivity contribution in [3.63, 3.8) is 0 Å². The molecule has 31 heavy (non-hydrogen) atoms. The second kappa shape index (κ2) is 8.87. The van der Waals surface area contributed by atoms with Crippen molar-refractivity contribution in [2.75, 3.05) is 26.2 Å². The number of piperidine rings is 1. The number of ether oxygens (including phenoxy) is 2. The van der Waals surface area contributed by atoms with Crippen molar-refractivity contribution in [2.45, 2.75) is 96.7 Å². The van der Waals surface area contributed by atoms with E-state index in [0.717, 1.165) is 44.9 Å². The number of esters is 1. The van der Waals surface area contributed by atoms with Crippen LogP contribution in [0.3, 0.4) is 0 Å². The van der Waals surface area contributed by atoms with Crippen molar-refractivity contribution in [2.24, 2.45) is 5.41 Å². The standard InChI is InChI=1S/C23H39N3O5/c1-6-22(18(27)30-7-2)10-8-17(9-11-22)26-16-23(24-19(26)28)12-14-25(15-13-23)20(29)31-21(3,4)5/h17H,6-16H2,1-5H3,(H,24,28). The highest BCUT2D eigenvalue weighted by atomic mass is 16.6. The van der Waals surface area contributed by atoms with Crippen molar-refractivity contribution in [3.05, 3.63) is 0 Å². The second-order valence-electron chi connectivity index (χ2n) is 10.4. The molecule has 1 aliphatic carbocycles. The van der Waals surface area contributed by atoms with Gasteiger partial charge in [0, 0.05) is 25.7 Å². The quantitative estimate of drug-likeness (QED) is 0.678. The van der Waals surface area contributed by atoms with E-state index in [1.54, 1.807) is 4.90 Å². The number of nitrogens with zero attached hydrogens (tertiary/aromatic N) is 2. The summed E-state index contributed by atoms with van der Waals surface area (Å²) in [4.78, 5) is 41.4. The fourth-order valence-corrected chi connectivity index (χ4v) is 5.21. The summed E-state index contributed by atoms with van der Waals surface area (Å²) in [5.74, 6) is -0.0900. The van der Waals surface area contributed by atoms with Crippen molar-refractivity contribution in [1.82, 2.24) is 15.1 Å². The molecule has 2 saturated heterocycles. The minimum Gasteiger partial charge on any atom is -0.466 e. The third kappa shape index (κ3) is 5.09. The van der Waals surface area contributed by atoms with Crippen LogP contribution in [-0.4, -0.2) is 71.3 Å². The van der Waals surface area contributed by atoms with Crippen LogP contribution >= 0.6 is 0 Å². The Morgan fingerprint density at radius 2 is 1.71 bits per heavy atom. The lowest BCUT2D eigenvalue weighted by molar-refractivity contribution is -0.158. The van der Waals surface area contributed by atoms with E-state index < -0.39 is 11.0 Å². The number of hydrogen-bond donors (Lipinski definition) is 1. The van der Waals surface area contributed by atoms with Gasteiger partial charge in [-0.05, 0) is 72.6 Å². The Morgan fingerprint density at radius 3 is 2.23 bits per heavy atom. The molecular formula is C23H39N3O5. The molecule has 1 spiro atoms. The van der Waals surface area contributed by atoms with Gasteiger partial charge in [0.25, 0.3) is 0 Å². The highest BCUT2D eigenvalue weighted by molar-refractivity contribution is 5.79. The normalized spacial score (nSPS) is 28.4. The molecule has 2 aliphatic heterocycles. The average Bonchev–Trinajstić information content (AvgIpc) is 3.03. The summed E-state index contributed by atoms with van der Waals surface area (Å²) in [7, 11) is 0. The van der Waals surface area contributed by atoms with Crippen molar-refractivity contribution < 1.29 is 23.9 Å². The molecule has 8 nitrogen and oxygen atoms in total. The number of nitrogens with one attached hydrogen (secondary N) is 1. The minimum atomic E-state index is -0.511. The monoisotopic (exact) mass is 437 g/mol. The molecule has 0 atom stereocenters. The van der Waals surface area contributed by atoms with Gasteiger partial charge in [-0.2, -0.15) is 0 Å². The Hall–Kier alpha value is -1.99. The van der Waals surface area contributed by atoms with E-state index in [0.29, 0.717) is 26.2 Å². The molecule has 0 radical (unpaired) electrons. The molecule has 2 heterocycles. The van der Waals surface area contributed by atoms with Gasteiger partial charge in [-0.1, -0.05) is 6.92 Å². The van der Waals surface area contributed by atoms with E-state index in [1.165, 1.54) is 0 Å². The van der Waals surface area contributed by atoms with Crippen LogP contribution in [0.15, 0.2) is 0 Å². The predicted molar refractivity (Wildman–Crippen MR) is 117 cm³/mol. The van der Waals surface area contributed by atoms with Crippen LogP contribution in [0.2, 0.25) is 0 Å². The van der Waals surface area contributed by atoms with Crippen LogP contribution in [0, 0.1) is 5.41 Å². The molecule has 8 heteroatoms. The zero-order chi connectivity index (χ0) is 22.9. The SMILES string of the molecule is CCOC(=O)C1(CC)CCC(N2CC3(CCN(C(=O)OC(C)(C)C)CC3)NC2=O)CC1. The van der Waals surface area contributed by atoms with Crippen LogP contribution in [0.25, 0.3) is 0 Å². The van der Waals surface area contributed by atoms with Gasteiger partial charge in [-0.15, -0.1) is 0 Å². The Morgan fingerprint density at radius 1 is 1.10 bits per heavy atom. The first-order valence-corrected chi connectivity index (χ1v) is 11.8. The third-order valence-corrected chi connectivity index (χ3v) is 7.22. The first-order chi connectivity index (χ1) is 14.5. The van der Waals surface area contributed by atoms with Gasteiger partial charge >= 0.3 is 18.1 Å². The van der Waals surface area contributed by atoms with Crippen LogP contribution in [0.5, 0.6) is 0 Å². The lowest BCUT2D eigenvalue weighted by Gasteiger charge is -2.41. The molecule has 0 bridgehead atoms. The van der Waals surface area contributed by atoms with Gasteiger partial charge in [-0.3, -0.25) is 4.79 Å². The van der Waals surface area contributed by atoms with Crippen LogP contribution in [-0.2, 0) is 14.3 Å². The van der Waals surface area contributed by atoms with Crippen LogP contribution in [0.4, 0.5) is 9.59 Å². The zero-order valence-corrected chi connectivity index (χ0v) is 19.8. The molecule has 3 amide bonds. The maximum atomic E-state index is 12.8. The first kappa shape index (κ1) is 23.7. The second-order valence-corrected chi connectivity index (χ2v) is 10.4. The first-order valence-electron chi connectivity index (χ1n) is 11.8. The van der Waals surface area contributed by atoms with E-state index >= 15 is 0 Å². The lowest BCUT2D eigenvalue weighted by Crippen LogP contribution is -2.54. The highest BCUT2D eigenvalue weighted by Crippen LogP contribution is 2.43. The molecule has 3 fully saturated rings. The van der Waals surface area contributed by atoms with Crippen LogP contribution in [0.1, 0.15) is 79.6 Å². The third-order valence-electron chi connectivity index (χ3n) is 7.22. The summed E-state index contributed by atoms with van der Waals surface area (Å²) >= 11 is 0. The average molecular weight is 438 g/mol. The van der Waals surface area contributed by atoms with Crippen LogP contribution < -0.4 is 5.32 Å². The van der Waals surface area contributed by atoms with E-state index in [1.807, 2.05) is 39.5 Å². The molecule has 1 N–H and O–H groups in total. The predicted octanol–water partition coefficient (Wildman–Crippen LogP) is 3.68. The number of rotatable bonds is 4. The molecule has 3 aliphatic rings. The van der Waals surface area contributed by atoms with Crippen molar-refractivity contribution in [1.29, 1.82) is 0 Å². The number of carbonyl (C=O) groups excluding carboxylic acids is 3. The van der Waals surface area contributed by atoms with E-state index in [2.05, 4.69) is 5.32 Å². The van der Waals surface area contributed by atoms with Gasteiger partial charge in [0.15, 0.2) is 0 Å². The molecule has 0 aromatic heterocycles. The Bertz CT molecular complexity index is 686.